The van der Waals surface area contributed by atoms with Crippen LogP contribution in [0.3, 0.4) is 0 Å². The number of hydrogen-bond donors (Lipinski definition) is 2. The Hall–Kier alpha value is -5.31. The second kappa shape index (κ2) is 10.1. The molecule has 9 nitrogen and oxygen atoms in total. The van der Waals surface area contributed by atoms with Gasteiger partial charge in [-0.05, 0) is 48.2 Å². The van der Waals surface area contributed by atoms with Crippen molar-refractivity contribution >= 4 is 33.4 Å². The summed E-state index contributed by atoms with van der Waals surface area (Å²) in [4.78, 5) is 45.1. The highest BCUT2D eigenvalue weighted by Crippen LogP contribution is 2.30. The zero-order valence-corrected chi connectivity index (χ0v) is 22.3. The molecule has 0 unspecified atom stereocenters. The van der Waals surface area contributed by atoms with E-state index in [4.69, 9.17) is 0 Å². The molecule has 9 heteroatoms. The van der Waals surface area contributed by atoms with Crippen molar-refractivity contribution in [1.82, 2.24) is 24.5 Å². The van der Waals surface area contributed by atoms with Gasteiger partial charge in [0.05, 0.1) is 11.4 Å². The lowest BCUT2D eigenvalue weighted by Crippen LogP contribution is -2.26. The fourth-order valence-electron chi connectivity index (χ4n) is 4.99. The van der Waals surface area contributed by atoms with E-state index in [9.17, 15) is 9.59 Å². The summed E-state index contributed by atoms with van der Waals surface area (Å²) in [5, 5.41) is 5.13. The highest BCUT2D eigenvalue weighted by molar-refractivity contribution is 5.96. The molecule has 6 aromatic rings. The van der Waals surface area contributed by atoms with Crippen molar-refractivity contribution in [2.45, 2.75) is 13.0 Å². The van der Waals surface area contributed by atoms with E-state index in [2.05, 4.69) is 25.3 Å². The van der Waals surface area contributed by atoms with Crippen molar-refractivity contribution in [2.75, 3.05) is 24.3 Å². The topological polar surface area (TPSA) is 109 Å². The van der Waals surface area contributed by atoms with Crippen LogP contribution in [0.15, 0.2) is 101 Å². The molecule has 0 aliphatic carbocycles. The van der Waals surface area contributed by atoms with E-state index in [0.717, 1.165) is 33.7 Å². The standard InChI is InChI=1S/C31H27N7O2/c1-19(36-30-28-25(39)14-15-32-29(28)34-18-35-30)24-16-20-8-7-11-23(21-12-13-26(33-17-21)37(2)3)27(20)31(40)38(24)22-9-5-4-6-10-22/h4-19H,1-3H3,(H2,32,34,35,36,39)/t19-/m0/s1. The van der Waals surface area contributed by atoms with Crippen LogP contribution in [0.5, 0.6) is 0 Å². The molecule has 0 spiro atoms. The summed E-state index contributed by atoms with van der Waals surface area (Å²) in [7, 11) is 3.88. The van der Waals surface area contributed by atoms with Crippen LogP contribution in [-0.4, -0.2) is 38.6 Å². The number of aromatic amines is 1. The Bertz CT molecular complexity index is 1960. The van der Waals surface area contributed by atoms with Crippen LogP contribution in [0.1, 0.15) is 18.7 Å². The maximum atomic E-state index is 14.4. The minimum Gasteiger partial charge on any atom is -0.363 e. The molecule has 198 valence electrons. The van der Waals surface area contributed by atoms with Crippen molar-refractivity contribution < 1.29 is 0 Å². The molecule has 2 aromatic carbocycles. The van der Waals surface area contributed by atoms with Crippen LogP contribution in [-0.2, 0) is 0 Å². The van der Waals surface area contributed by atoms with E-state index in [-0.39, 0.29) is 17.0 Å². The van der Waals surface area contributed by atoms with E-state index in [1.807, 2.05) is 92.6 Å². The van der Waals surface area contributed by atoms with E-state index in [1.165, 1.54) is 12.4 Å². The SMILES string of the molecule is C[C@H](Nc1ncnc2[nH]ccc(=O)c12)c1cc2cccc(-c3ccc(N(C)C)nc3)c2c(=O)n1-c1ccccc1. The third-order valence-electron chi connectivity index (χ3n) is 6.95. The summed E-state index contributed by atoms with van der Waals surface area (Å²) in [6.45, 7) is 1.94. The maximum absolute atomic E-state index is 14.4. The van der Waals surface area contributed by atoms with Gasteiger partial charge in [-0.1, -0.05) is 36.4 Å². The molecule has 40 heavy (non-hydrogen) atoms. The highest BCUT2D eigenvalue weighted by Gasteiger charge is 2.20. The Morgan fingerprint density at radius 3 is 2.48 bits per heavy atom. The molecule has 4 heterocycles. The van der Waals surface area contributed by atoms with Crippen molar-refractivity contribution in [3.8, 4) is 16.8 Å². The number of H-pyrrole nitrogens is 1. The third-order valence-corrected chi connectivity index (χ3v) is 6.95. The number of anilines is 2. The number of benzene rings is 2. The van der Waals surface area contributed by atoms with Crippen LogP contribution in [0.25, 0.3) is 38.6 Å². The van der Waals surface area contributed by atoms with Crippen molar-refractivity contribution in [1.29, 1.82) is 0 Å². The molecule has 1 atom stereocenters. The number of fused-ring (bicyclic) bond motifs is 2. The second-order valence-electron chi connectivity index (χ2n) is 9.77. The summed E-state index contributed by atoms with van der Waals surface area (Å²) in [6.07, 6.45) is 4.76. The lowest BCUT2D eigenvalue weighted by molar-refractivity contribution is 0.774. The smallest absolute Gasteiger partial charge is 0.263 e. The summed E-state index contributed by atoms with van der Waals surface area (Å²) < 4.78 is 1.72. The maximum Gasteiger partial charge on any atom is 0.263 e. The summed E-state index contributed by atoms with van der Waals surface area (Å²) in [6, 6.07) is 22.4. The number of nitrogens with one attached hydrogen (secondary N) is 2. The molecule has 0 aliphatic heterocycles. The molecular weight excluding hydrogens is 502 g/mol. The Kier molecular flexibility index (Phi) is 6.31. The lowest BCUT2D eigenvalue weighted by atomic mass is 9.98. The number of hydrogen-bond acceptors (Lipinski definition) is 7. The minimum absolute atomic E-state index is 0.148. The zero-order valence-electron chi connectivity index (χ0n) is 22.3. The van der Waals surface area contributed by atoms with E-state index < -0.39 is 0 Å². The highest BCUT2D eigenvalue weighted by atomic mass is 16.1. The third kappa shape index (κ3) is 4.37. The molecule has 0 amide bonds. The second-order valence-corrected chi connectivity index (χ2v) is 9.77. The van der Waals surface area contributed by atoms with Crippen LogP contribution in [0.4, 0.5) is 11.6 Å². The van der Waals surface area contributed by atoms with Crippen molar-refractivity contribution in [3.05, 3.63) is 118 Å². The fourth-order valence-corrected chi connectivity index (χ4v) is 4.99. The fraction of sp³-hybridized carbons (Fsp3) is 0.129. The first-order valence-corrected chi connectivity index (χ1v) is 12.9. The Labute approximate surface area is 229 Å². The summed E-state index contributed by atoms with van der Waals surface area (Å²) >= 11 is 0. The van der Waals surface area contributed by atoms with Gasteiger partial charge < -0.3 is 15.2 Å². The van der Waals surface area contributed by atoms with Gasteiger partial charge in [0, 0.05) is 49.5 Å². The average Bonchev–Trinajstić information content (AvgIpc) is 2.97. The Morgan fingerprint density at radius 2 is 1.73 bits per heavy atom. The van der Waals surface area contributed by atoms with Gasteiger partial charge in [-0.3, -0.25) is 14.2 Å². The molecular formula is C31H27N7O2. The van der Waals surface area contributed by atoms with Crippen LogP contribution >= 0.6 is 0 Å². The quantitative estimate of drug-likeness (QED) is 0.315. The van der Waals surface area contributed by atoms with Crippen LogP contribution < -0.4 is 21.2 Å². The normalized spacial score (nSPS) is 12.0. The van der Waals surface area contributed by atoms with Gasteiger partial charge in [0.25, 0.3) is 5.56 Å². The Morgan fingerprint density at radius 1 is 0.900 bits per heavy atom. The lowest BCUT2D eigenvalue weighted by Gasteiger charge is -2.22. The largest absolute Gasteiger partial charge is 0.363 e. The molecule has 0 bridgehead atoms. The number of pyridine rings is 3. The van der Waals surface area contributed by atoms with Gasteiger partial charge in [-0.25, -0.2) is 15.0 Å². The van der Waals surface area contributed by atoms with Crippen molar-refractivity contribution in [2.24, 2.45) is 0 Å². The molecule has 0 fully saturated rings. The van der Waals surface area contributed by atoms with Crippen LogP contribution in [0.2, 0.25) is 0 Å². The number of rotatable bonds is 6. The molecule has 0 saturated heterocycles. The van der Waals surface area contributed by atoms with Gasteiger partial charge in [0.15, 0.2) is 5.43 Å². The van der Waals surface area contributed by atoms with Crippen molar-refractivity contribution in [3.63, 3.8) is 0 Å². The van der Waals surface area contributed by atoms with Gasteiger partial charge in [0.2, 0.25) is 0 Å². The number of aromatic nitrogens is 5. The summed E-state index contributed by atoms with van der Waals surface area (Å²) in [5.74, 6) is 1.23. The van der Waals surface area contributed by atoms with E-state index in [1.54, 1.807) is 17.0 Å². The number of para-hydroxylation sites is 1. The van der Waals surface area contributed by atoms with E-state index >= 15 is 0 Å². The molecule has 0 radical (unpaired) electrons. The first-order valence-electron chi connectivity index (χ1n) is 12.9. The molecule has 0 aliphatic rings. The minimum atomic E-state index is -0.389. The predicted octanol–water partition coefficient (Wildman–Crippen LogP) is 4.92. The molecule has 6 rings (SSSR count). The molecule has 0 saturated carbocycles. The predicted molar refractivity (Wildman–Crippen MR) is 159 cm³/mol. The molecule has 4 aromatic heterocycles. The number of nitrogens with zero attached hydrogens (tertiary/aromatic N) is 5. The van der Waals surface area contributed by atoms with Crippen LogP contribution in [0, 0.1) is 0 Å². The van der Waals surface area contributed by atoms with E-state index in [0.29, 0.717) is 22.2 Å². The van der Waals surface area contributed by atoms with Gasteiger partial charge in [0.1, 0.15) is 29.0 Å². The van der Waals surface area contributed by atoms with Gasteiger partial charge >= 0.3 is 0 Å². The average molecular weight is 530 g/mol. The first-order chi connectivity index (χ1) is 19.4. The molecule has 2 N–H and O–H groups in total. The Balaban J connectivity index is 1.55. The monoisotopic (exact) mass is 529 g/mol. The van der Waals surface area contributed by atoms with Gasteiger partial charge in [-0.2, -0.15) is 0 Å². The zero-order chi connectivity index (χ0) is 27.8. The first kappa shape index (κ1) is 25.0. The summed E-state index contributed by atoms with van der Waals surface area (Å²) in [5.41, 5.74) is 3.23. The van der Waals surface area contributed by atoms with Gasteiger partial charge in [-0.15, -0.1) is 0 Å².